The van der Waals surface area contributed by atoms with E-state index in [1.54, 1.807) is 6.92 Å². The zero-order valence-corrected chi connectivity index (χ0v) is 8.31. The highest BCUT2D eigenvalue weighted by Crippen LogP contribution is 2.17. The molecule has 14 heavy (non-hydrogen) atoms. The van der Waals surface area contributed by atoms with Gasteiger partial charge in [0.2, 0.25) is 0 Å². The maximum absolute atomic E-state index is 13.1. The Labute approximate surface area is 81.7 Å². The number of sulfone groups is 1. The highest BCUT2D eigenvalue weighted by atomic mass is 32.2. The molecular formula is C9H8FNO2S. The molecule has 0 bridgehead atoms. The first-order valence-corrected chi connectivity index (χ1v) is 5.48. The van der Waals surface area contributed by atoms with Gasteiger partial charge in [0.05, 0.1) is 6.07 Å². The summed E-state index contributed by atoms with van der Waals surface area (Å²) in [5, 5.41) is 8.27. The third-order valence-corrected chi connectivity index (χ3v) is 3.17. The molecule has 0 aliphatic heterocycles. The highest BCUT2D eigenvalue weighted by molar-refractivity contribution is 7.91. The summed E-state index contributed by atoms with van der Waals surface area (Å²) >= 11 is 0. The lowest BCUT2D eigenvalue weighted by molar-refractivity contribution is 0.568. The van der Waals surface area contributed by atoms with Crippen molar-refractivity contribution < 1.29 is 12.8 Å². The molecule has 0 amide bonds. The molecule has 0 aromatic heterocycles. The largest absolute Gasteiger partial charge is 0.223 e. The van der Waals surface area contributed by atoms with E-state index in [-0.39, 0.29) is 0 Å². The molecule has 0 saturated carbocycles. The second-order valence-electron chi connectivity index (χ2n) is 2.85. The van der Waals surface area contributed by atoms with E-state index in [1.165, 1.54) is 18.2 Å². The van der Waals surface area contributed by atoms with Crippen LogP contribution in [0.5, 0.6) is 0 Å². The van der Waals surface area contributed by atoms with Gasteiger partial charge in [-0.3, -0.25) is 0 Å². The summed E-state index contributed by atoms with van der Waals surface area (Å²) < 4.78 is 35.8. The summed E-state index contributed by atoms with van der Waals surface area (Å²) in [6, 6.07) is 5.28. The summed E-state index contributed by atoms with van der Waals surface area (Å²) in [6.07, 6.45) is 0. The van der Waals surface area contributed by atoms with Crippen LogP contribution in [0.25, 0.3) is 0 Å². The van der Waals surface area contributed by atoms with Crippen molar-refractivity contribution in [2.45, 2.75) is 11.8 Å². The Bertz CT molecular complexity index is 488. The van der Waals surface area contributed by atoms with Crippen molar-refractivity contribution >= 4 is 9.84 Å². The number of aryl methyl sites for hydroxylation is 1. The first kappa shape index (κ1) is 10.7. The van der Waals surface area contributed by atoms with Gasteiger partial charge in [-0.1, -0.05) is 6.07 Å². The molecule has 0 unspecified atom stereocenters. The lowest BCUT2D eigenvalue weighted by Gasteiger charge is -2.02. The molecule has 0 spiro atoms. The van der Waals surface area contributed by atoms with Gasteiger partial charge in [0, 0.05) is 0 Å². The minimum absolute atomic E-state index is 0.404. The Morgan fingerprint density at radius 1 is 1.50 bits per heavy atom. The molecule has 0 saturated heterocycles. The number of rotatable bonds is 2. The molecule has 0 aliphatic rings. The maximum Gasteiger partial charge on any atom is 0.194 e. The molecule has 1 aromatic rings. The average molecular weight is 213 g/mol. The predicted molar refractivity (Wildman–Crippen MR) is 48.8 cm³/mol. The standard InChI is InChI=1S/C9H8FNO2S/c1-7-2-3-8(10)9(6-7)14(12,13)5-4-11/h2-3,6H,5H2,1H3. The van der Waals surface area contributed by atoms with Crippen molar-refractivity contribution in [1.82, 2.24) is 0 Å². The minimum atomic E-state index is -3.80. The van der Waals surface area contributed by atoms with Gasteiger partial charge in [-0.2, -0.15) is 5.26 Å². The van der Waals surface area contributed by atoms with Gasteiger partial charge in [0.15, 0.2) is 9.84 Å². The molecule has 0 aliphatic carbocycles. The summed E-state index contributed by atoms with van der Waals surface area (Å²) in [5.41, 5.74) is 0.642. The highest BCUT2D eigenvalue weighted by Gasteiger charge is 2.18. The van der Waals surface area contributed by atoms with Gasteiger partial charge in [0.1, 0.15) is 16.5 Å². The predicted octanol–water partition coefficient (Wildman–Crippen LogP) is 1.43. The summed E-state index contributed by atoms with van der Waals surface area (Å²) in [6.45, 7) is 1.66. The number of hydrogen-bond donors (Lipinski definition) is 0. The quantitative estimate of drug-likeness (QED) is 0.746. The lowest BCUT2D eigenvalue weighted by atomic mass is 10.2. The Hall–Kier alpha value is -1.41. The van der Waals surface area contributed by atoms with Crippen LogP contribution in [-0.4, -0.2) is 14.2 Å². The van der Waals surface area contributed by atoms with Gasteiger partial charge in [-0.25, -0.2) is 12.8 Å². The van der Waals surface area contributed by atoms with Crippen LogP contribution in [0.2, 0.25) is 0 Å². The van der Waals surface area contributed by atoms with Crippen molar-refractivity contribution in [2.24, 2.45) is 0 Å². The van der Waals surface area contributed by atoms with E-state index in [1.807, 2.05) is 0 Å². The molecule has 3 nitrogen and oxygen atoms in total. The van der Waals surface area contributed by atoms with Gasteiger partial charge in [-0.15, -0.1) is 0 Å². The van der Waals surface area contributed by atoms with Gasteiger partial charge >= 0.3 is 0 Å². The van der Waals surface area contributed by atoms with Crippen LogP contribution in [0.1, 0.15) is 5.56 Å². The fraction of sp³-hybridized carbons (Fsp3) is 0.222. The normalized spacial score (nSPS) is 10.9. The maximum atomic E-state index is 13.1. The van der Waals surface area contributed by atoms with E-state index in [0.29, 0.717) is 5.56 Å². The Morgan fingerprint density at radius 2 is 2.14 bits per heavy atom. The van der Waals surface area contributed by atoms with E-state index >= 15 is 0 Å². The third kappa shape index (κ3) is 2.09. The molecule has 0 radical (unpaired) electrons. The van der Waals surface area contributed by atoms with Crippen molar-refractivity contribution in [1.29, 1.82) is 5.26 Å². The summed E-state index contributed by atoms with van der Waals surface area (Å²) in [5.74, 6) is -1.52. The van der Waals surface area contributed by atoms with Crippen LogP contribution in [-0.2, 0) is 9.84 Å². The van der Waals surface area contributed by atoms with Crippen LogP contribution in [0.3, 0.4) is 0 Å². The number of nitriles is 1. The van der Waals surface area contributed by atoms with Crippen LogP contribution in [0.15, 0.2) is 23.1 Å². The van der Waals surface area contributed by atoms with Crippen LogP contribution >= 0.6 is 0 Å². The SMILES string of the molecule is Cc1ccc(F)c(S(=O)(=O)CC#N)c1. The molecule has 0 N–H and O–H groups in total. The Kier molecular flexibility index (Phi) is 2.87. The second-order valence-corrected chi connectivity index (χ2v) is 4.81. The molecule has 0 atom stereocenters. The van der Waals surface area contributed by atoms with E-state index in [4.69, 9.17) is 5.26 Å². The fourth-order valence-corrected chi connectivity index (χ4v) is 2.07. The minimum Gasteiger partial charge on any atom is -0.223 e. The van der Waals surface area contributed by atoms with E-state index in [0.717, 1.165) is 6.07 Å². The molecule has 0 heterocycles. The molecule has 74 valence electrons. The molecular weight excluding hydrogens is 205 g/mol. The van der Waals surface area contributed by atoms with Gasteiger partial charge < -0.3 is 0 Å². The topological polar surface area (TPSA) is 57.9 Å². The fourth-order valence-electron chi connectivity index (χ4n) is 1.01. The van der Waals surface area contributed by atoms with Crippen molar-refractivity contribution in [3.05, 3.63) is 29.6 Å². The first-order valence-electron chi connectivity index (χ1n) is 3.83. The van der Waals surface area contributed by atoms with Crippen LogP contribution < -0.4 is 0 Å². The molecule has 1 aromatic carbocycles. The van der Waals surface area contributed by atoms with Crippen LogP contribution in [0, 0.1) is 24.1 Å². The monoisotopic (exact) mass is 213 g/mol. The Balaban J connectivity index is 3.33. The number of nitrogens with zero attached hydrogens (tertiary/aromatic N) is 1. The van der Waals surface area contributed by atoms with E-state index < -0.39 is 26.3 Å². The van der Waals surface area contributed by atoms with Gasteiger partial charge in [-0.05, 0) is 24.6 Å². The average Bonchev–Trinajstić information content (AvgIpc) is 2.09. The number of halogens is 1. The van der Waals surface area contributed by atoms with Gasteiger partial charge in [0.25, 0.3) is 0 Å². The second kappa shape index (κ2) is 3.76. The van der Waals surface area contributed by atoms with Crippen molar-refractivity contribution in [2.75, 3.05) is 5.75 Å². The third-order valence-electron chi connectivity index (χ3n) is 1.68. The van der Waals surface area contributed by atoms with Crippen molar-refractivity contribution in [3.63, 3.8) is 0 Å². The number of hydrogen-bond acceptors (Lipinski definition) is 3. The lowest BCUT2D eigenvalue weighted by Crippen LogP contribution is -2.07. The zero-order valence-electron chi connectivity index (χ0n) is 7.49. The Morgan fingerprint density at radius 3 is 2.71 bits per heavy atom. The smallest absolute Gasteiger partial charge is 0.194 e. The summed E-state index contributed by atoms with van der Waals surface area (Å²) in [7, 11) is -3.80. The van der Waals surface area contributed by atoms with Crippen molar-refractivity contribution in [3.8, 4) is 6.07 Å². The van der Waals surface area contributed by atoms with E-state index in [2.05, 4.69) is 0 Å². The summed E-state index contributed by atoms with van der Waals surface area (Å²) in [4.78, 5) is -0.404. The first-order chi connectivity index (χ1) is 6.47. The number of benzene rings is 1. The molecule has 0 fully saturated rings. The molecule has 5 heteroatoms. The zero-order chi connectivity index (χ0) is 10.8. The van der Waals surface area contributed by atoms with Crippen LogP contribution in [0.4, 0.5) is 4.39 Å². The van der Waals surface area contributed by atoms with E-state index in [9.17, 15) is 12.8 Å². The molecule has 1 rings (SSSR count).